The summed E-state index contributed by atoms with van der Waals surface area (Å²) in [5, 5.41) is 0. The number of unbranched alkanes of at least 4 members (excludes halogenated alkanes) is 3. The predicted octanol–water partition coefficient (Wildman–Crippen LogP) is 6.31. The fourth-order valence-electron chi connectivity index (χ4n) is 3.52. The number of hydrogen-bond acceptors (Lipinski definition) is 3. The molecule has 0 fully saturated rings. The fraction of sp³-hybridized carbons (Fsp3) is 0.783. The van der Waals surface area contributed by atoms with Gasteiger partial charge in [0.15, 0.2) is 5.90 Å². The third-order valence-corrected chi connectivity index (χ3v) is 5.38. The van der Waals surface area contributed by atoms with Crippen LogP contribution >= 0.6 is 0 Å². The van der Waals surface area contributed by atoms with Gasteiger partial charge in [-0.1, -0.05) is 65.5 Å². The summed E-state index contributed by atoms with van der Waals surface area (Å²) in [6, 6.07) is 0. The molecule has 0 unspecified atom stereocenters. The van der Waals surface area contributed by atoms with Gasteiger partial charge in [0.05, 0.1) is 0 Å². The van der Waals surface area contributed by atoms with Gasteiger partial charge in [0.1, 0.15) is 13.3 Å². The van der Waals surface area contributed by atoms with Crippen molar-refractivity contribution >= 4 is 5.90 Å². The molecule has 0 bridgehead atoms. The lowest BCUT2D eigenvalue weighted by atomic mass is 9.99. The van der Waals surface area contributed by atoms with Crippen LogP contribution in [0.1, 0.15) is 78.6 Å². The Morgan fingerprint density at radius 2 is 2.00 bits per heavy atom. The molecule has 0 aliphatic carbocycles. The molecule has 156 valence electrons. The summed E-state index contributed by atoms with van der Waals surface area (Å²) in [5.41, 5.74) is 2.27. The van der Waals surface area contributed by atoms with Gasteiger partial charge < -0.3 is 9.64 Å². The average molecular weight is 381 g/mol. The SMILES string of the molecule is C=CC1=C(N=C(CC)OCCF)CCN(CC[C@H](C)CCCCCC)CC1. The van der Waals surface area contributed by atoms with Crippen LogP contribution in [0, 0.1) is 5.92 Å². The number of rotatable bonds is 13. The molecular weight excluding hydrogens is 339 g/mol. The summed E-state index contributed by atoms with van der Waals surface area (Å²) in [5.74, 6) is 1.44. The summed E-state index contributed by atoms with van der Waals surface area (Å²) in [6.07, 6.45) is 12.6. The Balaban J connectivity index is 2.50. The van der Waals surface area contributed by atoms with Crippen molar-refractivity contribution < 1.29 is 9.13 Å². The number of allylic oxidation sites excluding steroid dienone is 1. The number of nitrogens with zero attached hydrogens (tertiary/aromatic N) is 2. The van der Waals surface area contributed by atoms with Crippen LogP contribution in [-0.2, 0) is 4.74 Å². The zero-order valence-corrected chi connectivity index (χ0v) is 17.9. The summed E-state index contributed by atoms with van der Waals surface area (Å²) < 4.78 is 17.8. The number of hydrogen-bond donors (Lipinski definition) is 0. The van der Waals surface area contributed by atoms with Crippen molar-refractivity contribution in [2.24, 2.45) is 10.9 Å². The second kappa shape index (κ2) is 14.8. The number of ether oxygens (including phenoxy) is 1. The average Bonchev–Trinajstić information content (AvgIpc) is 2.88. The Kier molecular flexibility index (Phi) is 13.1. The molecule has 4 heteroatoms. The van der Waals surface area contributed by atoms with Crippen molar-refractivity contribution in [3.05, 3.63) is 23.9 Å². The minimum absolute atomic E-state index is 0.0889. The van der Waals surface area contributed by atoms with Gasteiger partial charge in [0, 0.05) is 31.6 Å². The first-order valence-corrected chi connectivity index (χ1v) is 11.0. The van der Waals surface area contributed by atoms with E-state index in [0.29, 0.717) is 12.3 Å². The first kappa shape index (κ1) is 23.9. The summed E-state index contributed by atoms with van der Waals surface area (Å²) in [4.78, 5) is 7.26. The third kappa shape index (κ3) is 10.1. The van der Waals surface area contributed by atoms with E-state index < -0.39 is 6.67 Å². The zero-order valence-electron chi connectivity index (χ0n) is 17.9. The maximum absolute atomic E-state index is 12.4. The minimum atomic E-state index is -0.475. The van der Waals surface area contributed by atoms with Crippen LogP contribution in [-0.4, -0.2) is 43.7 Å². The molecule has 0 saturated heterocycles. The molecule has 1 atom stereocenters. The molecule has 1 heterocycles. The van der Waals surface area contributed by atoms with Crippen molar-refractivity contribution in [3.8, 4) is 0 Å². The van der Waals surface area contributed by atoms with Crippen LogP contribution in [0.4, 0.5) is 4.39 Å². The zero-order chi connectivity index (χ0) is 19.9. The van der Waals surface area contributed by atoms with Crippen molar-refractivity contribution in [2.45, 2.75) is 78.6 Å². The molecule has 3 nitrogen and oxygen atoms in total. The standard InChI is InChI=1S/C23H41FN2O/c1-5-8-9-10-11-20(4)12-16-26-17-13-21(6-2)22(14-18-26)25-23(7-3)27-19-15-24/h6,20H,2,5,7-19H2,1,3-4H3/t20-/m1/s1. The smallest absolute Gasteiger partial charge is 0.187 e. The molecule has 0 aromatic rings. The highest BCUT2D eigenvalue weighted by Gasteiger charge is 2.16. The molecule has 0 amide bonds. The molecule has 0 N–H and O–H groups in total. The molecule has 0 radical (unpaired) electrons. The summed E-state index contributed by atoms with van der Waals surface area (Å²) >= 11 is 0. The molecule has 0 aromatic heterocycles. The lowest BCUT2D eigenvalue weighted by Crippen LogP contribution is -2.27. The van der Waals surface area contributed by atoms with Crippen molar-refractivity contribution in [1.82, 2.24) is 4.90 Å². The highest BCUT2D eigenvalue weighted by molar-refractivity contribution is 5.77. The number of alkyl halides is 1. The Hall–Kier alpha value is -1.16. The maximum Gasteiger partial charge on any atom is 0.187 e. The van der Waals surface area contributed by atoms with Gasteiger partial charge in [-0.25, -0.2) is 9.38 Å². The van der Waals surface area contributed by atoms with Crippen molar-refractivity contribution in [2.75, 3.05) is 32.9 Å². The highest BCUT2D eigenvalue weighted by Crippen LogP contribution is 2.22. The highest BCUT2D eigenvalue weighted by atomic mass is 19.1. The van der Waals surface area contributed by atoms with E-state index in [-0.39, 0.29) is 6.61 Å². The van der Waals surface area contributed by atoms with E-state index >= 15 is 0 Å². The topological polar surface area (TPSA) is 24.8 Å². The summed E-state index contributed by atoms with van der Waals surface area (Å²) in [7, 11) is 0. The van der Waals surface area contributed by atoms with Crippen LogP contribution in [0.15, 0.2) is 28.9 Å². The Bertz CT molecular complexity index is 473. The van der Waals surface area contributed by atoms with E-state index in [1.54, 1.807) is 0 Å². The van der Waals surface area contributed by atoms with E-state index in [1.165, 1.54) is 44.1 Å². The second-order valence-electron chi connectivity index (χ2n) is 7.66. The lowest BCUT2D eigenvalue weighted by Gasteiger charge is -2.22. The molecule has 1 rings (SSSR count). The molecule has 1 aliphatic rings. The molecule has 0 spiro atoms. The number of aliphatic imine (C=N–C) groups is 1. The van der Waals surface area contributed by atoms with Crippen LogP contribution in [0.5, 0.6) is 0 Å². The molecule has 27 heavy (non-hydrogen) atoms. The van der Waals surface area contributed by atoms with Gasteiger partial charge in [-0.05, 0) is 30.9 Å². The molecule has 0 aromatic carbocycles. The van der Waals surface area contributed by atoms with Crippen LogP contribution < -0.4 is 0 Å². The van der Waals surface area contributed by atoms with E-state index in [0.717, 1.165) is 44.1 Å². The van der Waals surface area contributed by atoms with Crippen LogP contribution in [0.3, 0.4) is 0 Å². The summed E-state index contributed by atoms with van der Waals surface area (Å²) in [6.45, 7) is 13.5. The monoisotopic (exact) mass is 380 g/mol. The van der Waals surface area contributed by atoms with E-state index in [1.807, 2.05) is 13.0 Å². The predicted molar refractivity (Wildman–Crippen MR) is 115 cm³/mol. The van der Waals surface area contributed by atoms with Gasteiger partial charge >= 0.3 is 0 Å². The third-order valence-electron chi connectivity index (χ3n) is 5.38. The van der Waals surface area contributed by atoms with Crippen LogP contribution in [0.2, 0.25) is 0 Å². The lowest BCUT2D eigenvalue weighted by molar-refractivity contribution is 0.255. The molecule has 0 saturated carbocycles. The first-order valence-electron chi connectivity index (χ1n) is 11.0. The second-order valence-corrected chi connectivity index (χ2v) is 7.66. The largest absolute Gasteiger partial charge is 0.478 e. The van der Waals surface area contributed by atoms with E-state index in [4.69, 9.17) is 9.73 Å². The van der Waals surface area contributed by atoms with Crippen LogP contribution in [0.25, 0.3) is 0 Å². The number of halogens is 1. The van der Waals surface area contributed by atoms with Gasteiger partial charge in [0.25, 0.3) is 0 Å². The first-order chi connectivity index (χ1) is 13.1. The van der Waals surface area contributed by atoms with E-state index in [9.17, 15) is 4.39 Å². The van der Waals surface area contributed by atoms with Gasteiger partial charge in [-0.15, -0.1) is 0 Å². The Morgan fingerprint density at radius 1 is 1.22 bits per heavy atom. The van der Waals surface area contributed by atoms with Crippen molar-refractivity contribution in [3.63, 3.8) is 0 Å². The quantitative estimate of drug-likeness (QED) is 0.212. The van der Waals surface area contributed by atoms with Gasteiger partial charge in [-0.2, -0.15) is 0 Å². The Labute approximate surface area is 166 Å². The van der Waals surface area contributed by atoms with E-state index in [2.05, 4.69) is 25.3 Å². The maximum atomic E-state index is 12.4. The van der Waals surface area contributed by atoms with Gasteiger partial charge in [0.2, 0.25) is 0 Å². The Morgan fingerprint density at radius 3 is 2.67 bits per heavy atom. The van der Waals surface area contributed by atoms with Crippen molar-refractivity contribution in [1.29, 1.82) is 0 Å². The molecular formula is C23H41FN2O. The normalized spacial score (nSPS) is 17.7. The fourth-order valence-corrected chi connectivity index (χ4v) is 3.52. The molecule has 1 aliphatic heterocycles. The minimum Gasteiger partial charge on any atom is -0.478 e. The van der Waals surface area contributed by atoms with Gasteiger partial charge in [-0.3, -0.25) is 0 Å².